The average Bonchev–Trinajstić information content (AvgIpc) is 2.26. The van der Waals surface area contributed by atoms with Gasteiger partial charge in [0.25, 0.3) is 0 Å². The van der Waals surface area contributed by atoms with Crippen molar-refractivity contribution in [2.45, 2.75) is 24.3 Å². The van der Waals surface area contributed by atoms with Crippen LogP contribution in [-0.4, -0.2) is 23.2 Å². The summed E-state index contributed by atoms with van der Waals surface area (Å²) in [5.74, 6) is -0.340. The van der Waals surface area contributed by atoms with Crippen molar-refractivity contribution in [2.24, 2.45) is 11.5 Å². The van der Waals surface area contributed by atoms with Crippen LogP contribution in [0.3, 0.4) is 0 Å². The van der Waals surface area contributed by atoms with Crippen LogP contribution in [0.1, 0.15) is 18.9 Å². The van der Waals surface area contributed by atoms with Gasteiger partial charge in [-0.1, -0.05) is 18.3 Å². The highest BCUT2D eigenvalue weighted by molar-refractivity contribution is 7.98. The fourth-order valence-corrected chi connectivity index (χ4v) is 2.62. The zero-order valence-electron chi connectivity index (χ0n) is 10.4. The highest BCUT2D eigenvalue weighted by Crippen LogP contribution is 2.27. The largest absolute Gasteiger partial charge is 0.389 e. The number of primary amides is 1. The normalized spacial score (nSPS) is 11.9. The summed E-state index contributed by atoms with van der Waals surface area (Å²) < 4.78 is 0. The smallest absolute Gasteiger partial charge is 0.219 e. The van der Waals surface area contributed by atoms with Gasteiger partial charge in [-0.05, 0) is 25.3 Å². The third-order valence-corrected chi connectivity index (χ3v) is 3.39. The molecular formula is C12H17N3OS2. The predicted molar refractivity (Wildman–Crippen MR) is 81.0 cm³/mol. The number of benzene rings is 1. The lowest BCUT2D eigenvalue weighted by molar-refractivity contribution is -0.118. The zero-order valence-corrected chi connectivity index (χ0v) is 12.0. The van der Waals surface area contributed by atoms with E-state index in [9.17, 15) is 4.79 Å². The van der Waals surface area contributed by atoms with Crippen LogP contribution in [0.5, 0.6) is 0 Å². The minimum atomic E-state index is -0.340. The molecule has 0 heterocycles. The lowest BCUT2D eigenvalue weighted by Crippen LogP contribution is -2.25. The molecule has 0 fully saturated rings. The third kappa shape index (κ3) is 3.89. The molecule has 5 N–H and O–H groups in total. The molecule has 1 amide bonds. The Hall–Kier alpha value is -1.27. The molecule has 0 saturated heterocycles. The Bertz CT molecular complexity index is 463. The van der Waals surface area contributed by atoms with Gasteiger partial charge in [0, 0.05) is 28.6 Å². The molecule has 0 bridgehead atoms. The molecule has 0 aliphatic carbocycles. The summed E-state index contributed by atoms with van der Waals surface area (Å²) in [6.07, 6.45) is 2.23. The maximum Gasteiger partial charge on any atom is 0.219 e. The molecule has 4 nitrogen and oxygen atoms in total. The Balaban J connectivity index is 3.01. The Morgan fingerprint density at radius 1 is 1.50 bits per heavy atom. The van der Waals surface area contributed by atoms with Crippen molar-refractivity contribution in [2.75, 3.05) is 11.6 Å². The van der Waals surface area contributed by atoms with Crippen molar-refractivity contribution < 1.29 is 4.79 Å². The first kappa shape index (κ1) is 14.8. The monoisotopic (exact) mass is 283 g/mol. The lowest BCUT2D eigenvalue weighted by atomic mass is 10.1. The number of thioether (sulfide) groups is 1. The van der Waals surface area contributed by atoms with Crippen LogP contribution in [0.4, 0.5) is 5.69 Å². The highest BCUT2D eigenvalue weighted by atomic mass is 32.2. The summed E-state index contributed by atoms with van der Waals surface area (Å²) >= 11 is 6.66. The fourth-order valence-electron chi connectivity index (χ4n) is 1.69. The van der Waals surface area contributed by atoms with E-state index >= 15 is 0 Å². The number of rotatable bonds is 6. The molecule has 1 atom stereocenters. The molecule has 0 radical (unpaired) electrons. The minimum Gasteiger partial charge on any atom is -0.389 e. The second-order valence-corrected chi connectivity index (χ2v) is 5.25. The quantitative estimate of drug-likeness (QED) is 0.547. The van der Waals surface area contributed by atoms with E-state index in [0.717, 1.165) is 16.1 Å². The number of carbonyl (C=O) groups excluding carboxylic acids is 1. The summed E-state index contributed by atoms with van der Waals surface area (Å²) in [6, 6.07) is 5.72. The standard InChI is InChI=1S/C12H17N3OS2/c1-7(6-10(13)16)15-8-4-3-5-9(18-2)11(8)12(14)17/h3-5,7,15H,6H2,1-2H3,(H2,13,16)(H2,14,17). The van der Waals surface area contributed by atoms with E-state index in [-0.39, 0.29) is 18.4 Å². The molecule has 1 aromatic rings. The molecule has 0 aliphatic heterocycles. The van der Waals surface area contributed by atoms with Gasteiger partial charge in [0.2, 0.25) is 5.91 Å². The predicted octanol–water partition coefficient (Wildman–Crippen LogP) is 1.72. The second kappa shape index (κ2) is 6.61. The maximum atomic E-state index is 10.9. The van der Waals surface area contributed by atoms with Crippen molar-refractivity contribution in [3.63, 3.8) is 0 Å². The van der Waals surface area contributed by atoms with E-state index < -0.39 is 0 Å². The Kier molecular flexibility index (Phi) is 5.43. The molecule has 1 aromatic carbocycles. The van der Waals surface area contributed by atoms with Gasteiger partial charge >= 0.3 is 0 Å². The number of thiocarbonyl (C=S) groups is 1. The highest BCUT2D eigenvalue weighted by Gasteiger charge is 2.13. The van der Waals surface area contributed by atoms with Crippen LogP contribution in [0.2, 0.25) is 0 Å². The summed E-state index contributed by atoms with van der Waals surface area (Å²) in [6.45, 7) is 1.89. The van der Waals surface area contributed by atoms with Crippen LogP contribution in [0.25, 0.3) is 0 Å². The van der Waals surface area contributed by atoms with Crippen LogP contribution < -0.4 is 16.8 Å². The first-order valence-corrected chi connectivity index (χ1v) is 7.10. The van der Waals surface area contributed by atoms with Crippen molar-refractivity contribution in [1.29, 1.82) is 0 Å². The van der Waals surface area contributed by atoms with Crippen LogP contribution >= 0.6 is 24.0 Å². The average molecular weight is 283 g/mol. The third-order valence-electron chi connectivity index (χ3n) is 2.40. The summed E-state index contributed by atoms with van der Waals surface area (Å²) in [7, 11) is 0. The maximum absolute atomic E-state index is 10.9. The minimum absolute atomic E-state index is 0.0623. The van der Waals surface area contributed by atoms with Gasteiger partial charge in [-0.2, -0.15) is 0 Å². The molecule has 18 heavy (non-hydrogen) atoms. The molecule has 0 saturated carbocycles. The first-order valence-electron chi connectivity index (χ1n) is 5.47. The summed E-state index contributed by atoms with van der Waals surface area (Å²) in [4.78, 5) is 12.2. The molecular weight excluding hydrogens is 266 g/mol. The number of hydrogen-bond acceptors (Lipinski definition) is 4. The van der Waals surface area contributed by atoms with Gasteiger partial charge in [0.15, 0.2) is 0 Å². The SMILES string of the molecule is CSc1cccc(NC(C)CC(N)=O)c1C(N)=S. The van der Waals surface area contributed by atoms with Gasteiger partial charge in [0.05, 0.1) is 0 Å². The van der Waals surface area contributed by atoms with Gasteiger partial charge in [-0.3, -0.25) is 4.79 Å². The Labute approximate surface area is 116 Å². The molecule has 1 unspecified atom stereocenters. The van der Waals surface area contributed by atoms with Crippen molar-refractivity contribution in [1.82, 2.24) is 0 Å². The van der Waals surface area contributed by atoms with Gasteiger partial charge in [-0.15, -0.1) is 11.8 Å². The van der Waals surface area contributed by atoms with Gasteiger partial charge < -0.3 is 16.8 Å². The molecule has 1 rings (SSSR count). The number of anilines is 1. The second-order valence-electron chi connectivity index (χ2n) is 3.96. The van der Waals surface area contributed by atoms with Gasteiger partial charge in [-0.25, -0.2) is 0 Å². The van der Waals surface area contributed by atoms with E-state index in [4.69, 9.17) is 23.7 Å². The van der Waals surface area contributed by atoms with Crippen molar-refractivity contribution in [3.8, 4) is 0 Å². The zero-order chi connectivity index (χ0) is 13.7. The van der Waals surface area contributed by atoms with Crippen LogP contribution in [0, 0.1) is 0 Å². The summed E-state index contributed by atoms with van der Waals surface area (Å²) in [5, 5.41) is 3.22. The molecule has 98 valence electrons. The fraction of sp³-hybridized carbons (Fsp3) is 0.333. The Morgan fingerprint density at radius 2 is 2.17 bits per heavy atom. The molecule has 0 aromatic heterocycles. The van der Waals surface area contributed by atoms with Crippen LogP contribution in [0.15, 0.2) is 23.1 Å². The van der Waals surface area contributed by atoms with Crippen molar-refractivity contribution in [3.05, 3.63) is 23.8 Å². The number of hydrogen-bond donors (Lipinski definition) is 3. The molecule has 0 spiro atoms. The lowest BCUT2D eigenvalue weighted by Gasteiger charge is -2.18. The van der Waals surface area contributed by atoms with Gasteiger partial charge in [0.1, 0.15) is 4.99 Å². The number of amides is 1. The van der Waals surface area contributed by atoms with E-state index in [1.54, 1.807) is 11.8 Å². The van der Waals surface area contributed by atoms with E-state index in [1.165, 1.54) is 0 Å². The first-order chi connectivity index (χ1) is 8.45. The molecule has 0 aliphatic rings. The van der Waals surface area contributed by atoms with E-state index in [2.05, 4.69) is 5.32 Å². The number of nitrogens with one attached hydrogen (secondary N) is 1. The number of nitrogens with two attached hydrogens (primary N) is 2. The Morgan fingerprint density at radius 3 is 2.67 bits per heavy atom. The van der Waals surface area contributed by atoms with Crippen molar-refractivity contribution >= 4 is 40.6 Å². The number of carbonyl (C=O) groups is 1. The summed E-state index contributed by atoms with van der Waals surface area (Å²) in [5.41, 5.74) is 12.6. The van der Waals surface area contributed by atoms with Crippen LogP contribution in [-0.2, 0) is 4.79 Å². The molecule has 6 heteroatoms. The van der Waals surface area contributed by atoms with E-state index in [0.29, 0.717) is 4.99 Å². The topological polar surface area (TPSA) is 81.1 Å². The van der Waals surface area contributed by atoms with E-state index in [1.807, 2.05) is 31.4 Å².